The third-order valence-corrected chi connectivity index (χ3v) is 5.66. The number of aromatic nitrogens is 4. The first kappa shape index (κ1) is 25.8. The van der Waals surface area contributed by atoms with E-state index in [1.54, 1.807) is 22.9 Å². The molecule has 0 spiro atoms. The smallest absolute Gasteiger partial charge is 0.254 e. The summed E-state index contributed by atoms with van der Waals surface area (Å²) in [5.74, 6) is 0.0608. The molecule has 12 nitrogen and oxygen atoms in total. The van der Waals surface area contributed by atoms with Crippen LogP contribution in [-0.2, 0) is 18.3 Å². The predicted octanol–water partition coefficient (Wildman–Crippen LogP) is 2.41. The maximum Gasteiger partial charge on any atom is 0.254 e. The number of hydrogen-bond acceptors (Lipinski definition) is 9. The number of likely N-dealkylation sites (N-methyl/N-ethyl adjacent to an activating group) is 1. The van der Waals surface area contributed by atoms with Crippen LogP contribution >= 0.6 is 0 Å². The van der Waals surface area contributed by atoms with Crippen LogP contribution in [0.5, 0.6) is 5.75 Å². The number of nitrogens with one attached hydrogen (secondary N) is 2. The number of nitrogens with two attached hydrogens (primary N) is 1. The summed E-state index contributed by atoms with van der Waals surface area (Å²) >= 11 is 0. The van der Waals surface area contributed by atoms with Gasteiger partial charge in [-0.1, -0.05) is 0 Å². The summed E-state index contributed by atoms with van der Waals surface area (Å²) in [5.41, 5.74) is 9.54. The van der Waals surface area contributed by atoms with Gasteiger partial charge >= 0.3 is 0 Å². The van der Waals surface area contributed by atoms with Gasteiger partial charge in [0.05, 0.1) is 17.1 Å². The van der Waals surface area contributed by atoms with E-state index < -0.39 is 5.91 Å². The summed E-state index contributed by atoms with van der Waals surface area (Å²) in [4.78, 5) is 39.3. The van der Waals surface area contributed by atoms with Crippen LogP contribution in [0, 0.1) is 0 Å². The van der Waals surface area contributed by atoms with Gasteiger partial charge in [-0.15, -0.1) is 0 Å². The van der Waals surface area contributed by atoms with Crippen LogP contribution in [-0.4, -0.2) is 69.4 Å². The molecule has 0 fully saturated rings. The normalized spacial score (nSPS) is 13.9. The van der Waals surface area contributed by atoms with Crippen molar-refractivity contribution < 1.29 is 14.3 Å². The Kier molecular flexibility index (Phi) is 7.77. The molecule has 1 aliphatic rings. The van der Waals surface area contributed by atoms with Gasteiger partial charge < -0.3 is 26.0 Å². The fourth-order valence-corrected chi connectivity index (χ4v) is 3.94. The Morgan fingerprint density at radius 2 is 2.08 bits per heavy atom. The second-order valence-electron chi connectivity index (χ2n) is 9.04. The number of carbonyl (C=O) groups is 2. The molecular formula is C25H31N9O3. The molecule has 0 saturated carbocycles. The standard InChI is InChI=1S/C25H31N9O3/c1-15(35)28-21-12-16(8-9-22(21)37-11-10-33(2)3)29-25-27-13-17(23(26)36)24(31-25)30-19-6-5-7-20-18(19)14-34(4)32-20/h8-9,12-14H,5-7,10-11H2,1-4H3,(H2,26,36)(H,28,35)(H,27,29,31). The minimum atomic E-state index is -0.666. The highest BCUT2D eigenvalue weighted by Gasteiger charge is 2.21. The molecule has 0 saturated heterocycles. The van der Waals surface area contributed by atoms with Gasteiger partial charge in [-0.3, -0.25) is 14.3 Å². The molecule has 1 aliphatic carbocycles. The van der Waals surface area contributed by atoms with Crippen molar-refractivity contribution in [1.29, 1.82) is 0 Å². The Morgan fingerprint density at radius 3 is 2.81 bits per heavy atom. The van der Waals surface area contributed by atoms with Crippen LogP contribution in [0.15, 0.2) is 35.6 Å². The molecule has 4 N–H and O–H groups in total. The Balaban J connectivity index is 1.63. The van der Waals surface area contributed by atoms with Crippen molar-refractivity contribution >= 4 is 40.7 Å². The molecule has 1 aromatic carbocycles. The highest BCUT2D eigenvalue weighted by atomic mass is 16.5. The fraction of sp³-hybridized carbons (Fsp3) is 0.360. The average Bonchev–Trinajstić information content (AvgIpc) is 3.21. The van der Waals surface area contributed by atoms with E-state index in [4.69, 9.17) is 15.5 Å². The van der Waals surface area contributed by atoms with Gasteiger partial charge in [0.2, 0.25) is 11.9 Å². The quantitative estimate of drug-likeness (QED) is 0.401. The van der Waals surface area contributed by atoms with Crippen LogP contribution in [0.2, 0.25) is 0 Å². The molecule has 0 aliphatic heterocycles. The van der Waals surface area contributed by atoms with E-state index in [9.17, 15) is 9.59 Å². The second-order valence-corrected chi connectivity index (χ2v) is 9.04. The zero-order valence-corrected chi connectivity index (χ0v) is 21.4. The van der Waals surface area contributed by atoms with Crippen LogP contribution < -0.4 is 21.1 Å². The van der Waals surface area contributed by atoms with E-state index in [-0.39, 0.29) is 23.2 Å². The number of anilines is 3. The molecule has 12 heteroatoms. The third-order valence-electron chi connectivity index (χ3n) is 5.66. The molecule has 0 bridgehead atoms. The lowest BCUT2D eigenvalue weighted by Gasteiger charge is -2.16. The first-order valence-corrected chi connectivity index (χ1v) is 11.9. The number of nitrogens with zero attached hydrogens (tertiary/aromatic N) is 6. The van der Waals surface area contributed by atoms with Crippen molar-refractivity contribution in [3.63, 3.8) is 0 Å². The Morgan fingerprint density at radius 1 is 1.27 bits per heavy atom. The number of carbonyl (C=O) groups excluding carboxylic acids is 2. The van der Waals surface area contributed by atoms with Gasteiger partial charge in [0, 0.05) is 44.2 Å². The maximum absolute atomic E-state index is 12.1. The molecule has 2 amide bonds. The molecule has 4 rings (SSSR count). The Bertz CT molecular complexity index is 1350. The molecule has 37 heavy (non-hydrogen) atoms. The minimum Gasteiger partial charge on any atom is -0.490 e. The number of primary amides is 1. The zero-order valence-electron chi connectivity index (χ0n) is 21.4. The number of aliphatic imine (C=N–C) groups is 1. The summed E-state index contributed by atoms with van der Waals surface area (Å²) in [5, 5.41) is 10.4. The number of fused-ring (bicyclic) bond motifs is 1. The van der Waals surface area contributed by atoms with Gasteiger partial charge in [-0.2, -0.15) is 10.1 Å². The van der Waals surface area contributed by atoms with E-state index in [0.717, 1.165) is 42.8 Å². The van der Waals surface area contributed by atoms with Crippen molar-refractivity contribution in [2.24, 2.45) is 17.8 Å². The number of amides is 2. The highest BCUT2D eigenvalue weighted by molar-refractivity contribution is 6.05. The second kappa shape index (κ2) is 11.2. The van der Waals surface area contributed by atoms with Crippen molar-refractivity contribution in [1.82, 2.24) is 24.6 Å². The van der Waals surface area contributed by atoms with Crippen molar-refractivity contribution in [3.8, 4) is 5.75 Å². The summed E-state index contributed by atoms with van der Waals surface area (Å²) in [6.07, 6.45) is 5.79. The molecule has 2 heterocycles. The molecule has 0 radical (unpaired) electrons. The monoisotopic (exact) mass is 505 g/mol. The lowest BCUT2D eigenvalue weighted by Crippen LogP contribution is -2.20. The Labute approximate surface area is 214 Å². The number of rotatable bonds is 9. The minimum absolute atomic E-state index is 0.123. The van der Waals surface area contributed by atoms with Gasteiger partial charge in [0.15, 0.2) is 5.82 Å². The SMILES string of the molecule is CC(=O)Nc1cc(Nc2ncc(C(N)=O)c(N=C3CCCc4nn(C)cc43)n2)ccc1OCCN(C)C. The van der Waals surface area contributed by atoms with E-state index in [0.29, 0.717) is 23.7 Å². The fourth-order valence-electron chi connectivity index (χ4n) is 3.94. The highest BCUT2D eigenvalue weighted by Crippen LogP contribution is 2.30. The maximum atomic E-state index is 12.1. The number of hydrogen-bond donors (Lipinski definition) is 3. The summed E-state index contributed by atoms with van der Waals surface area (Å²) in [7, 11) is 5.78. The lowest BCUT2D eigenvalue weighted by atomic mass is 9.96. The topological polar surface area (TPSA) is 153 Å². The van der Waals surface area contributed by atoms with Crippen LogP contribution in [0.3, 0.4) is 0 Å². The summed E-state index contributed by atoms with van der Waals surface area (Å²) < 4.78 is 7.60. The molecule has 3 aromatic rings. The molecule has 0 atom stereocenters. The third kappa shape index (κ3) is 6.47. The summed E-state index contributed by atoms with van der Waals surface area (Å²) in [6.45, 7) is 2.62. The van der Waals surface area contributed by atoms with Gasteiger partial charge in [-0.25, -0.2) is 9.98 Å². The molecule has 0 unspecified atom stereocenters. The molecule has 2 aromatic heterocycles. The van der Waals surface area contributed by atoms with E-state index in [1.165, 1.54) is 13.1 Å². The van der Waals surface area contributed by atoms with Crippen molar-refractivity contribution in [2.75, 3.05) is 37.9 Å². The number of aryl methyl sites for hydroxylation is 2. The largest absolute Gasteiger partial charge is 0.490 e. The lowest BCUT2D eigenvalue weighted by molar-refractivity contribution is -0.114. The van der Waals surface area contributed by atoms with Crippen molar-refractivity contribution in [2.45, 2.75) is 26.2 Å². The van der Waals surface area contributed by atoms with E-state index >= 15 is 0 Å². The first-order chi connectivity index (χ1) is 17.7. The van der Waals surface area contributed by atoms with Gasteiger partial charge in [0.25, 0.3) is 5.91 Å². The zero-order chi connectivity index (χ0) is 26.5. The Hall–Kier alpha value is -4.32. The summed E-state index contributed by atoms with van der Waals surface area (Å²) in [6, 6.07) is 5.27. The number of ether oxygens (including phenoxy) is 1. The van der Waals surface area contributed by atoms with Crippen LogP contribution in [0.4, 0.5) is 23.1 Å². The van der Waals surface area contributed by atoms with E-state index in [1.807, 2.05) is 32.2 Å². The molecule has 194 valence electrons. The van der Waals surface area contributed by atoms with Crippen LogP contribution in [0.1, 0.15) is 41.4 Å². The molecular weight excluding hydrogens is 474 g/mol. The van der Waals surface area contributed by atoms with E-state index in [2.05, 4.69) is 25.7 Å². The average molecular weight is 506 g/mol. The first-order valence-electron chi connectivity index (χ1n) is 11.9. The van der Waals surface area contributed by atoms with Crippen LogP contribution in [0.25, 0.3) is 0 Å². The van der Waals surface area contributed by atoms with Crippen molar-refractivity contribution in [3.05, 3.63) is 47.4 Å². The predicted molar refractivity (Wildman–Crippen MR) is 141 cm³/mol. The number of benzene rings is 1. The van der Waals surface area contributed by atoms with Gasteiger partial charge in [0.1, 0.15) is 17.9 Å². The van der Waals surface area contributed by atoms with Gasteiger partial charge in [-0.05, 0) is 51.6 Å².